The number of nitrogens with one attached hydrogen (secondary N) is 1. The van der Waals surface area contributed by atoms with Crippen molar-refractivity contribution in [1.82, 2.24) is 9.97 Å². The number of nitrogens with zero attached hydrogens (tertiary/aromatic N) is 1. The molecule has 0 aromatic carbocycles. The molecular formula is C9H13BrN2O2. The molecule has 0 aliphatic rings. The lowest BCUT2D eigenvalue weighted by Crippen LogP contribution is -2.01. The Balaban J connectivity index is 2.76. The van der Waals surface area contributed by atoms with Gasteiger partial charge in [0.25, 0.3) is 0 Å². The van der Waals surface area contributed by atoms with E-state index in [1.165, 1.54) is 0 Å². The van der Waals surface area contributed by atoms with Crippen LogP contribution in [0.15, 0.2) is 4.60 Å². The third-order valence-electron chi connectivity index (χ3n) is 1.71. The number of carboxylic acids is 1. The second kappa shape index (κ2) is 4.59. The van der Waals surface area contributed by atoms with Gasteiger partial charge in [0, 0.05) is 6.42 Å². The summed E-state index contributed by atoms with van der Waals surface area (Å²) >= 11 is 3.23. The van der Waals surface area contributed by atoms with Gasteiger partial charge in [-0.3, -0.25) is 4.79 Å². The molecule has 0 radical (unpaired) electrons. The van der Waals surface area contributed by atoms with Crippen molar-refractivity contribution in [3.63, 3.8) is 0 Å². The van der Waals surface area contributed by atoms with Crippen LogP contribution < -0.4 is 0 Å². The van der Waals surface area contributed by atoms with Gasteiger partial charge in [0.1, 0.15) is 10.4 Å². The fourth-order valence-corrected chi connectivity index (χ4v) is 1.64. The summed E-state index contributed by atoms with van der Waals surface area (Å²) < 4.78 is 0.607. The van der Waals surface area contributed by atoms with Crippen molar-refractivity contribution in [1.29, 1.82) is 0 Å². The summed E-state index contributed by atoms with van der Waals surface area (Å²) in [6.45, 7) is 4.18. The predicted octanol–water partition coefficient (Wildman–Crippen LogP) is 2.00. The minimum Gasteiger partial charge on any atom is -0.481 e. The van der Waals surface area contributed by atoms with E-state index < -0.39 is 5.97 Å². The summed E-state index contributed by atoms with van der Waals surface area (Å²) in [6.07, 6.45) is 0.809. The molecule has 0 amide bonds. The van der Waals surface area contributed by atoms with E-state index in [9.17, 15) is 4.79 Å². The van der Waals surface area contributed by atoms with E-state index in [0.29, 0.717) is 16.2 Å². The third-order valence-corrected chi connectivity index (χ3v) is 2.36. The van der Waals surface area contributed by atoms with Crippen LogP contribution in [0.25, 0.3) is 0 Å². The Bertz CT molecular complexity index is 334. The molecule has 0 saturated carbocycles. The summed E-state index contributed by atoms with van der Waals surface area (Å²) in [5.41, 5.74) is 0.633. The summed E-state index contributed by atoms with van der Waals surface area (Å²) in [5.74, 6) is 0.485. The first-order chi connectivity index (χ1) is 6.49. The number of aromatic nitrogens is 2. The monoisotopic (exact) mass is 260 g/mol. The predicted molar refractivity (Wildman–Crippen MR) is 56.2 cm³/mol. The van der Waals surface area contributed by atoms with Gasteiger partial charge < -0.3 is 10.1 Å². The summed E-state index contributed by atoms with van der Waals surface area (Å²) in [5, 5.41) is 8.61. The largest absolute Gasteiger partial charge is 0.481 e. The maximum absolute atomic E-state index is 10.5. The number of aromatic amines is 1. The van der Waals surface area contributed by atoms with Gasteiger partial charge in [0.15, 0.2) is 0 Å². The summed E-state index contributed by atoms with van der Waals surface area (Å²) in [4.78, 5) is 17.7. The van der Waals surface area contributed by atoms with Crippen LogP contribution in [0, 0.1) is 5.92 Å². The average molecular weight is 261 g/mol. The van der Waals surface area contributed by atoms with Crippen LogP contribution in [-0.2, 0) is 17.6 Å². The summed E-state index contributed by atoms with van der Waals surface area (Å²) in [6, 6.07) is 0. The van der Waals surface area contributed by atoms with Crippen LogP contribution in [0.5, 0.6) is 0 Å². The van der Waals surface area contributed by atoms with Crippen molar-refractivity contribution >= 4 is 21.9 Å². The van der Waals surface area contributed by atoms with Gasteiger partial charge in [-0.25, -0.2) is 4.98 Å². The van der Waals surface area contributed by atoms with Gasteiger partial charge in [-0.1, -0.05) is 13.8 Å². The van der Waals surface area contributed by atoms with E-state index in [1.807, 2.05) is 0 Å². The van der Waals surface area contributed by atoms with Crippen LogP contribution in [0.3, 0.4) is 0 Å². The number of carboxylic acid groups (broad SMARTS) is 1. The number of imidazole rings is 1. The molecule has 1 rings (SSSR count). The molecule has 1 heterocycles. The van der Waals surface area contributed by atoms with Crippen molar-refractivity contribution in [2.45, 2.75) is 26.7 Å². The molecule has 0 aliphatic carbocycles. The first-order valence-corrected chi connectivity index (χ1v) is 5.23. The average Bonchev–Trinajstić information content (AvgIpc) is 2.28. The highest BCUT2D eigenvalue weighted by Gasteiger charge is 2.11. The molecule has 0 aliphatic heterocycles. The number of aliphatic carboxylic acids is 1. The summed E-state index contributed by atoms with van der Waals surface area (Å²) in [7, 11) is 0. The molecule has 0 spiro atoms. The molecule has 4 nitrogen and oxygen atoms in total. The number of H-pyrrole nitrogens is 1. The molecule has 0 atom stereocenters. The van der Waals surface area contributed by atoms with Crippen molar-refractivity contribution in [3.05, 3.63) is 16.1 Å². The second-order valence-electron chi connectivity index (χ2n) is 3.62. The zero-order chi connectivity index (χ0) is 10.7. The lowest BCUT2D eigenvalue weighted by atomic mass is 10.1. The van der Waals surface area contributed by atoms with Gasteiger partial charge in [0.2, 0.25) is 0 Å². The molecule has 0 fully saturated rings. The fraction of sp³-hybridized carbons (Fsp3) is 0.556. The van der Waals surface area contributed by atoms with Crippen LogP contribution in [0.1, 0.15) is 25.4 Å². The quantitative estimate of drug-likeness (QED) is 0.871. The smallest absolute Gasteiger partial charge is 0.309 e. The highest BCUT2D eigenvalue weighted by Crippen LogP contribution is 2.16. The van der Waals surface area contributed by atoms with Gasteiger partial charge in [-0.2, -0.15) is 0 Å². The van der Waals surface area contributed by atoms with E-state index in [1.54, 1.807) is 0 Å². The third kappa shape index (κ3) is 3.14. The molecule has 0 bridgehead atoms. The standard InChI is InChI=1S/C9H13BrN2O2/c1-5(2)3-7-11-6(4-8(13)14)9(10)12-7/h5H,3-4H2,1-2H3,(H,11,12)(H,13,14). The topological polar surface area (TPSA) is 66.0 Å². The Kier molecular flexibility index (Phi) is 3.69. The minimum atomic E-state index is -0.856. The highest BCUT2D eigenvalue weighted by atomic mass is 79.9. The van der Waals surface area contributed by atoms with E-state index in [2.05, 4.69) is 39.7 Å². The number of hydrogen-bond acceptors (Lipinski definition) is 2. The van der Waals surface area contributed by atoms with Gasteiger partial charge in [0.05, 0.1) is 12.1 Å². The zero-order valence-electron chi connectivity index (χ0n) is 8.17. The van der Waals surface area contributed by atoms with Crippen molar-refractivity contribution < 1.29 is 9.90 Å². The van der Waals surface area contributed by atoms with Crippen LogP contribution >= 0.6 is 15.9 Å². The maximum Gasteiger partial charge on any atom is 0.309 e. The van der Waals surface area contributed by atoms with Crippen molar-refractivity contribution in [3.8, 4) is 0 Å². The van der Waals surface area contributed by atoms with E-state index >= 15 is 0 Å². The number of hydrogen-bond donors (Lipinski definition) is 2. The Morgan fingerprint density at radius 3 is 2.79 bits per heavy atom. The normalized spacial score (nSPS) is 10.9. The van der Waals surface area contributed by atoms with Crippen LogP contribution in [-0.4, -0.2) is 21.0 Å². The second-order valence-corrected chi connectivity index (χ2v) is 4.37. The van der Waals surface area contributed by atoms with Gasteiger partial charge in [-0.05, 0) is 21.8 Å². The molecule has 14 heavy (non-hydrogen) atoms. The Labute approximate surface area is 90.9 Å². The van der Waals surface area contributed by atoms with Crippen LogP contribution in [0.2, 0.25) is 0 Å². The van der Waals surface area contributed by atoms with Gasteiger partial charge in [-0.15, -0.1) is 0 Å². The van der Waals surface area contributed by atoms with E-state index in [-0.39, 0.29) is 6.42 Å². The SMILES string of the molecule is CC(C)Cc1nc(Br)c(CC(=O)O)[nH]1. The zero-order valence-corrected chi connectivity index (χ0v) is 9.76. The molecule has 1 aromatic heterocycles. The molecule has 5 heteroatoms. The molecular weight excluding hydrogens is 248 g/mol. The molecule has 0 unspecified atom stereocenters. The first-order valence-electron chi connectivity index (χ1n) is 4.44. The van der Waals surface area contributed by atoms with E-state index in [0.717, 1.165) is 12.2 Å². The van der Waals surface area contributed by atoms with Crippen LogP contribution in [0.4, 0.5) is 0 Å². The lowest BCUT2D eigenvalue weighted by Gasteiger charge is -1.98. The maximum atomic E-state index is 10.5. The molecule has 2 N–H and O–H groups in total. The Morgan fingerprint density at radius 1 is 1.64 bits per heavy atom. The molecule has 78 valence electrons. The van der Waals surface area contributed by atoms with Crippen molar-refractivity contribution in [2.75, 3.05) is 0 Å². The van der Waals surface area contributed by atoms with Gasteiger partial charge >= 0.3 is 5.97 Å². The Hall–Kier alpha value is -0.840. The number of rotatable bonds is 4. The minimum absolute atomic E-state index is 0.0221. The lowest BCUT2D eigenvalue weighted by molar-refractivity contribution is -0.136. The fourth-order valence-electron chi connectivity index (χ4n) is 1.19. The highest BCUT2D eigenvalue weighted by molar-refractivity contribution is 9.10. The Morgan fingerprint density at radius 2 is 2.29 bits per heavy atom. The molecule has 1 aromatic rings. The number of halogens is 1. The van der Waals surface area contributed by atoms with E-state index in [4.69, 9.17) is 5.11 Å². The molecule has 0 saturated heterocycles. The first kappa shape index (κ1) is 11.2. The van der Waals surface area contributed by atoms with Crippen molar-refractivity contribution in [2.24, 2.45) is 5.92 Å². The number of carbonyl (C=O) groups is 1.